The van der Waals surface area contributed by atoms with Gasteiger partial charge in [0.05, 0.1) is 18.6 Å². The Bertz CT molecular complexity index is 1770. The van der Waals surface area contributed by atoms with E-state index in [9.17, 15) is 14.4 Å². The van der Waals surface area contributed by atoms with Crippen LogP contribution in [0.2, 0.25) is 0 Å². The minimum atomic E-state index is -0.525. The first-order chi connectivity index (χ1) is 21.5. The first-order valence-electron chi connectivity index (χ1n) is 13.7. The summed E-state index contributed by atoms with van der Waals surface area (Å²) in [6.45, 7) is 0. The van der Waals surface area contributed by atoms with E-state index in [1.807, 2.05) is 54.6 Å². The van der Waals surface area contributed by atoms with Gasteiger partial charge in [-0.1, -0.05) is 60.7 Å². The molecular formula is C35H29N3O5S. The van der Waals surface area contributed by atoms with Crippen LogP contribution in [-0.2, 0) is 9.59 Å². The summed E-state index contributed by atoms with van der Waals surface area (Å²) in [6, 6.07) is 36.0. The van der Waals surface area contributed by atoms with Crippen molar-refractivity contribution in [3.8, 4) is 17.1 Å². The number of nitrogens with one attached hydrogen (secondary N) is 3. The number of para-hydroxylation sites is 2. The van der Waals surface area contributed by atoms with Gasteiger partial charge in [0.2, 0.25) is 5.91 Å². The molecule has 0 bridgehead atoms. The Labute approximate surface area is 259 Å². The number of ether oxygens (including phenoxy) is 1. The van der Waals surface area contributed by atoms with E-state index in [4.69, 9.17) is 9.15 Å². The van der Waals surface area contributed by atoms with E-state index in [2.05, 4.69) is 16.0 Å². The molecule has 4 aromatic carbocycles. The van der Waals surface area contributed by atoms with Gasteiger partial charge in [-0.25, -0.2) is 0 Å². The summed E-state index contributed by atoms with van der Waals surface area (Å²) < 4.78 is 11.2. The van der Waals surface area contributed by atoms with Gasteiger partial charge in [-0.3, -0.25) is 14.4 Å². The number of anilines is 2. The molecule has 0 aliphatic heterocycles. The molecule has 0 atom stereocenters. The molecule has 0 saturated carbocycles. The Morgan fingerprint density at radius 2 is 1.45 bits per heavy atom. The molecule has 0 unspecified atom stereocenters. The molecule has 44 heavy (non-hydrogen) atoms. The largest absolute Gasteiger partial charge is 0.495 e. The highest BCUT2D eigenvalue weighted by Gasteiger charge is 2.17. The van der Waals surface area contributed by atoms with Crippen molar-refractivity contribution in [3.05, 3.63) is 138 Å². The fraction of sp³-hybridized carbons (Fsp3) is 0.0571. The summed E-state index contributed by atoms with van der Waals surface area (Å²) in [6.07, 6.45) is 1.49. The monoisotopic (exact) mass is 603 g/mol. The number of amides is 3. The van der Waals surface area contributed by atoms with Crippen molar-refractivity contribution in [1.29, 1.82) is 0 Å². The number of carbonyl (C=O) groups excluding carboxylic acids is 3. The standard InChI is InChI=1S/C35H29N3O5S/c1-42-32-15-9-8-14-29(32)37-33(39)23-44-28-19-16-26(17-20-28)36-35(41)30(38-34(40)25-12-6-3-7-13-25)22-27-18-21-31(43-27)24-10-4-2-5-11-24/h2-22H,23H2,1H3,(H,36,41)(H,37,39)(H,38,40)/b30-22+. The zero-order valence-electron chi connectivity index (χ0n) is 23.8. The van der Waals surface area contributed by atoms with Gasteiger partial charge in [-0.05, 0) is 60.7 Å². The van der Waals surface area contributed by atoms with Gasteiger partial charge in [0.15, 0.2) is 0 Å². The Kier molecular flexibility index (Phi) is 9.91. The molecule has 8 nitrogen and oxygen atoms in total. The summed E-state index contributed by atoms with van der Waals surface area (Å²) in [5, 5.41) is 8.39. The van der Waals surface area contributed by atoms with Crippen LogP contribution in [0.4, 0.5) is 11.4 Å². The minimum Gasteiger partial charge on any atom is -0.495 e. The molecule has 5 aromatic rings. The van der Waals surface area contributed by atoms with Crippen molar-refractivity contribution < 1.29 is 23.5 Å². The minimum absolute atomic E-state index is 0.0132. The van der Waals surface area contributed by atoms with Crippen molar-refractivity contribution in [1.82, 2.24) is 5.32 Å². The molecule has 220 valence electrons. The fourth-order valence-electron chi connectivity index (χ4n) is 4.19. The highest BCUT2D eigenvalue weighted by molar-refractivity contribution is 8.00. The number of furan rings is 1. The van der Waals surface area contributed by atoms with Crippen molar-refractivity contribution in [2.24, 2.45) is 0 Å². The molecule has 0 aliphatic rings. The van der Waals surface area contributed by atoms with Crippen molar-refractivity contribution >= 4 is 46.9 Å². The van der Waals surface area contributed by atoms with E-state index in [-0.39, 0.29) is 17.4 Å². The molecule has 0 aliphatic carbocycles. The van der Waals surface area contributed by atoms with Gasteiger partial charge in [-0.15, -0.1) is 11.8 Å². The Morgan fingerprint density at radius 1 is 0.773 bits per heavy atom. The lowest BCUT2D eigenvalue weighted by Gasteiger charge is -2.12. The summed E-state index contributed by atoms with van der Waals surface area (Å²) in [7, 11) is 1.55. The number of hydrogen-bond donors (Lipinski definition) is 3. The number of methoxy groups -OCH3 is 1. The molecule has 1 aromatic heterocycles. The lowest BCUT2D eigenvalue weighted by Crippen LogP contribution is -2.30. The molecule has 3 N–H and O–H groups in total. The third kappa shape index (κ3) is 8.05. The van der Waals surface area contributed by atoms with Crippen molar-refractivity contribution in [2.45, 2.75) is 4.90 Å². The van der Waals surface area contributed by atoms with Crippen LogP contribution < -0.4 is 20.7 Å². The predicted octanol–water partition coefficient (Wildman–Crippen LogP) is 7.10. The van der Waals surface area contributed by atoms with Gasteiger partial charge < -0.3 is 25.1 Å². The van der Waals surface area contributed by atoms with Gasteiger partial charge in [0, 0.05) is 27.8 Å². The number of hydrogen-bond acceptors (Lipinski definition) is 6. The van der Waals surface area contributed by atoms with Crippen LogP contribution >= 0.6 is 11.8 Å². The average Bonchev–Trinajstić information content (AvgIpc) is 3.54. The maximum Gasteiger partial charge on any atom is 0.272 e. The average molecular weight is 604 g/mol. The molecule has 5 rings (SSSR count). The maximum absolute atomic E-state index is 13.4. The van der Waals surface area contributed by atoms with Crippen LogP contribution in [-0.4, -0.2) is 30.6 Å². The highest BCUT2D eigenvalue weighted by Crippen LogP contribution is 2.26. The van der Waals surface area contributed by atoms with Crippen LogP contribution in [0.1, 0.15) is 16.1 Å². The molecule has 3 amide bonds. The molecule has 0 saturated heterocycles. The Balaban J connectivity index is 1.26. The van der Waals surface area contributed by atoms with E-state index < -0.39 is 11.8 Å². The van der Waals surface area contributed by atoms with E-state index in [1.54, 1.807) is 73.8 Å². The molecule has 0 radical (unpaired) electrons. The summed E-state index contributed by atoms with van der Waals surface area (Å²) in [5.74, 6) is 0.688. The number of benzene rings is 4. The van der Waals surface area contributed by atoms with E-state index in [0.29, 0.717) is 34.2 Å². The number of carbonyl (C=O) groups is 3. The topological polar surface area (TPSA) is 110 Å². The summed E-state index contributed by atoms with van der Waals surface area (Å²) in [5.41, 5.74) is 2.43. The Hall–Kier alpha value is -5.54. The zero-order chi connectivity index (χ0) is 30.7. The van der Waals surface area contributed by atoms with Crippen LogP contribution in [0, 0.1) is 0 Å². The first kappa shape index (κ1) is 29.9. The Morgan fingerprint density at radius 3 is 2.18 bits per heavy atom. The molecule has 0 fully saturated rings. The summed E-state index contributed by atoms with van der Waals surface area (Å²) >= 11 is 1.36. The third-order valence-electron chi connectivity index (χ3n) is 6.36. The lowest BCUT2D eigenvalue weighted by atomic mass is 10.2. The third-order valence-corrected chi connectivity index (χ3v) is 7.38. The normalized spacial score (nSPS) is 11.0. The first-order valence-corrected chi connectivity index (χ1v) is 14.7. The van der Waals surface area contributed by atoms with Crippen LogP contribution in [0.25, 0.3) is 17.4 Å². The smallest absolute Gasteiger partial charge is 0.272 e. The van der Waals surface area contributed by atoms with E-state index >= 15 is 0 Å². The van der Waals surface area contributed by atoms with Crippen LogP contribution in [0.3, 0.4) is 0 Å². The maximum atomic E-state index is 13.4. The molecule has 0 spiro atoms. The van der Waals surface area contributed by atoms with Crippen molar-refractivity contribution in [3.63, 3.8) is 0 Å². The lowest BCUT2D eigenvalue weighted by molar-refractivity contribution is -0.114. The van der Waals surface area contributed by atoms with E-state index in [1.165, 1.54) is 17.8 Å². The second-order valence-electron chi connectivity index (χ2n) is 9.46. The van der Waals surface area contributed by atoms with Gasteiger partial charge in [0.1, 0.15) is 23.0 Å². The SMILES string of the molecule is COc1ccccc1NC(=O)CSc1ccc(NC(=O)/C(=C\c2ccc(-c3ccccc3)o2)NC(=O)c2ccccc2)cc1. The molecule has 9 heteroatoms. The van der Waals surface area contributed by atoms with Gasteiger partial charge in [0.25, 0.3) is 11.8 Å². The predicted molar refractivity (Wildman–Crippen MR) is 173 cm³/mol. The fourth-order valence-corrected chi connectivity index (χ4v) is 4.89. The second-order valence-corrected chi connectivity index (χ2v) is 10.5. The number of thioether (sulfide) groups is 1. The van der Waals surface area contributed by atoms with E-state index in [0.717, 1.165) is 10.5 Å². The second kappa shape index (κ2) is 14.6. The molecular weight excluding hydrogens is 574 g/mol. The number of rotatable bonds is 11. The summed E-state index contributed by atoms with van der Waals surface area (Å²) in [4.78, 5) is 39.6. The van der Waals surface area contributed by atoms with Crippen molar-refractivity contribution in [2.75, 3.05) is 23.5 Å². The molecule has 1 heterocycles. The highest BCUT2D eigenvalue weighted by atomic mass is 32.2. The van der Waals surface area contributed by atoms with Crippen LogP contribution in [0.5, 0.6) is 5.75 Å². The van der Waals surface area contributed by atoms with Gasteiger partial charge in [-0.2, -0.15) is 0 Å². The quantitative estimate of drug-likeness (QED) is 0.110. The zero-order valence-corrected chi connectivity index (χ0v) is 24.6. The van der Waals surface area contributed by atoms with Gasteiger partial charge >= 0.3 is 0 Å². The van der Waals surface area contributed by atoms with Crippen LogP contribution in [0.15, 0.2) is 136 Å².